The Kier molecular flexibility index (Phi) is 7.85. The van der Waals surface area contributed by atoms with Crippen molar-refractivity contribution in [1.82, 2.24) is 10.3 Å². The molecule has 1 N–H and O–H groups in total. The molecule has 0 amide bonds. The van der Waals surface area contributed by atoms with Crippen LogP contribution in [-0.4, -0.2) is 31.2 Å². The van der Waals surface area contributed by atoms with E-state index in [0.717, 1.165) is 31.3 Å². The zero-order chi connectivity index (χ0) is 15.0. The normalized spacial score (nSPS) is 12.2. The maximum atomic E-state index is 4.55. The Balaban J connectivity index is 2.78. The summed E-state index contributed by atoms with van der Waals surface area (Å²) in [5.74, 6) is 0.568. The molecule has 4 heteroatoms. The van der Waals surface area contributed by atoms with Gasteiger partial charge in [0, 0.05) is 30.7 Å². The minimum atomic E-state index is 0.568. The molecule has 0 fully saturated rings. The van der Waals surface area contributed by atoms with E-state index < -0.39 is 0 Å². The molecule has 0 aliphatic carbocycles. The minimum absolute atomic E-state index is 0.568. The molecule has 0 unspecified atom stereocenters. The van der Waals surface area contributed by atoms with Gasteiger partial charge in [-0.3, -0.25) is 0 Å². The molecule has 20 heavy (non-hydrogen) atoms. The molecule has 1 aromatic rings. The Morgan fingerprint density at radius 1 is 1.35 bits per heavy atom. The molecule has 0 radical (unpaired) electrons. The fourth-order valence-electron chi connectivity index (χ4n) is 2.00. The minimum Gasteiger partial charge on any atom is -0.349 e. The van der Waals surface area contributed by atoms with Crippen molar-refractivity contribution in [3.05, 3.63) is 16.6 Å². The Bertz CT molecular complexity index is 406. The van der Waals surface area contributed by atoms with E-state index in [1.165, 1.54) is 16.9 Å². The highest BCUT2D eigenvalue weighted by atomic mass is 32.1. The summed E-state index contributed by atoms with van der Waals surface area (Å²) in [5.41, 5.74) is 1.45. The van der Waals surface area contributed by atoms with Crippen LogP contribution in [0.5, 0.6) is 0 Å². The third-order valence-electron chi connectivity index (χ3n) is 3.37. The van der Waals surface area contributed by atoms with Crippen LogP contribution in [0, 0.1) is 5.92 Å². The second-order valence-electron chi connectivity index (χ2n) is 5.27. The van der Waals surface area contributed by atoms with Crippen LogP contribution in [0.25, 0.3) is 6.08 Å². The smallest absolute Gasteiger partial charge is 0.185 e. The number of aromatic nitrogens is 1. The summed E-state index contributed by atoms with van der Waals surface area (Å²) >= 11 is 1.79. The number of rotatable bonds is 9. The first-order valence-electron chi connectivity index (χ1n) is 7.74. The molecule has 0 atom stereocenters. The van der Waals surface area contributed by atoms with Gasteiger partial charge in [-0.15, -0.1) is 0 Å². The SMILES string of the molecule is CCCNCC(=Cc1cnc(N(CC)CC)s1)C(C)C. The number of nitrogens with one attached hydrogen (secondary N) is 1. The first kappa shape index (κ1) is 17.2. The first-order chi connectivity index (χ1) is 9.62. The standard InChI is InChI=1S/C16H29N3S/c1-6-9-17-11-14(13(4)5)10-15-12-18-16(20-15)19(7-2)8-3/h10,12-13,17H,6-9,11H2,1-5H3. The van der Waals surface area contributed by atoms with E-state index >= 15 is 0 Å². The van der Waals surface area contributed by atoms with Gasteiger partial charge in [0.25, 0.3) is 0 Å². The van der Waals surface area contributed by atoms with Gasteiger partial charge in [0.2, 0.25) is 0 Å². The molecule has 1 rings (SSSR count). The molecule has 1 aromatic heterocycles. The van der Waals surface area contributed by atoms with Gasteiger partial charge >= 0.3 is 0 Å². The van der Waals surface area contributed by atoms with Crippen molar-refractivity contribution >= 4 is 22.5 Å². The van der Waals surface area contributed by atoms with Crippen LogP contribution >= 0.6 is 11.3 Å². The zero-order valence-electron chi connectivity index (χ0n) is 13.6. The fourth-order valence-corrected chi connectivity index (χ4v) is 3.02. The average Bonchev–Trinajstić information content (AvgIpc) is 2.87. The molecule has 114 valence electrons. The zero-order valence-corrected chi connectivity index (χ0v) is 14.4. The monoisotopic (exact) mass is 295 g/mol. The first-order valence-corrected chi connectivity index (χ1v) is 8.55. The van der Waals surface area contributed by atoms with Gasteiger partial charge in [-0.2, -0.15) is 0 Å². The van der Waals surface area contributed by atoms with Gasteiger partial charge in [0.1, 0.15) is 0 Å². The summed E-state index contributed by atoms with van der Waals surface area (Å²) in [6.45, 7) is 15.2. The van der Waals surface area contributed by atoms with Crippen LogP contribution in [0.15, 0.2) is 11.8 Å². The topological polar surface area (TPSA) is 28.2 Å². The van der Waals surface area contributed by atoms with Crippen molar-refractivity contribution in [2.75, 3.05) is 31.1 Å². The van der Waals surface area contributed by atoms with Crippen molar-refractivity contribution in [1.29, 1.82) is 0 Å². The number of anilines is 1. The molecule has 3 nitrogen and oxygen atoms in total. The van der Waals surface area contributed by atoms with E-state index in [2.05, 4.69) is 55.9 Å². The summed E-state index contributed by atoms with van der Waals surface area (Å²) in [5, 5.41) is 4.62. The van der Waals surface area contributed by atoms with E-state index in [0.29, 0.717) is 5.92 Å². The lowest BCUT2D eigenvalue weighted by molar-refractivity contribution is 0.657. The number of hydrogen-bond acceptors (Lipinski definition) is 4. The highest BCUT2D eigenvalue weighted by Crippen LogP contribution is 2.25. The van der Waals surface area contributed by atoms with Crippen LogP contribution in [0.4, 0.5) is 5.13 Å². The molecule has 0 saturated heterocycles. The molecule has 1 heterocycles. The van der Waals surface area contributed by atoms with Crippen molar-refractivity contribution in [2.24, 2.45) is 5.92 Å². The van der Waals surface area contributed by atoms with E-state index in [4.69, 9.17) is 0 Å². The van der Waals surface area contributed by atoms with E-state index in [1.807, 2.05) is 6.20 Å². The van der Waals surface area contributed by atoms with E-state index in [1.54, 1.807) is 11.3 Å². The predicted octanol–water partition coefficient (Wildman–Crippen LogP) is 4.03. The third kappa shape index (κ3) is 5.25. The number of nitrogens with zero attached hydrogens (tertiary/aromatic N) is 2. The summed E-state index contributed by atoms with van der Waals surface area (Å²) in [6, 6.07) is 0. The molecule has 0 bridgehead atoms. The number of thiazole rings is 1. The summed E-state index contributed by atoms with van der Waals surface area (Å²) in [4.78, 5) is 8.10. The van der Waals surface area contributed by atoms with Gasteiger partial charge < -0.3 is 10.2 Å². The Morgan fingerprint density at radius 3 is 2.60 bits per heavy atom. The second-order valence-corrected chi connectivity index (χ2v) is 6.31. The van der Waals surface area contributed by atoms with Crippen molar-refractivity contribution in [3.63, 3.8) is 0 Å². The molecular weight excluding hydrogens is 266 g/mol. The lowest BCUT2D eigenvalue weighted by atomic mass is 10.0. The quantitative estimate of drug-likeness (QED) is 0.697. The Labute approximate surface area is 128 Å². The van der Waals surface area contributed by atoms with Gasteiger partial charge in [-0.1, -0.05) is 37.7 Å². The van der Waals surface area contributed by atoms with E-state index in [9.17, 15) is 0 Å². The van der Waals surface area contributed by atoms with E-state index in [-0.39, 0.29) is 0 Å². The van der Waals surface area contributed by atoms with Gasteiger partial charge in [0.15, 0.2) is 5.13 Å². The summed E-state index contributed by atoms with van der Waals surface area (Å²) in [7, 11) is 0. The van der Waals surface area contributed by atoms with Gasteiger partial charge in [0.05, 0.1) is 0 Å². The Morgan fingerprint density at radius 2 is 2.05 bits per heavy atom. The largest absolute Gasteiger partial charge is 0.349 e. The lowest BCUT2D eigenvalue weighted by Gasteiger charge is -2.16. The van der Waals surface area contributed by atoms with Crippen molar-refractivity contribution in [2.45, 2.75) is 41.0 Å². The molecule has 0 aliphatic rings. The third-order valence-corrected chi connectivity index (χ3v) is 4.38. The fraction of sp³-hybridized carbons (Fsp3) is 0.688. The highest BCUT2D eigenvalue weighted by molar-refractivity contribution is 7.16. The summed E-state index contributed by atoms with van der Waals surface area (Å²) in [6.07, 6.45) is 5.48. The lowest BCUT2D eigenvalue weighted by Crippen LogP contribution is -2.21. The Hall–Kier alpha value is -0.870. The van der Waals surface area contributed by atoms with Crippen molar-refractivity contribution < 1.29 is 0 Å². The van der Waals surface area contributed by atoms with Gasteiger partial charge in [-0.25, -0.2) is 4.98 Å². The molecule has 0 aromatic carbocycles. The average molecular weight is 295 g/mol. The predicted molar refractivity (Wildman–Crippen MR) is 91.7 cm³/mol. The van der Waals surface area contributed by atoms with Crippen LogP contribution in [-0.2, 0) is 0 Å². The molecule has 0 spiro atoms. The maximum absolute atomic E-state index is 4.55. The van der Waals surface area contributed by atoms with Crippen molar-refractivity contribution in [3.8, 4) is 0 Å². The van der Waals surface area contributed by atoms with Crippen LogP contribution in [0.3, 0.4) is 0 Å². The summed E-state index contributed by atoms with van der Waals surface area (Å²) < 4.78 is 0. The van der Waals surface area contributed by atoms with Gasteiger partial charge in [-0.05, 0) is 38.8 Å². The van der Waals surface area contributed by atoms with Crippen LogP contribution in [0.2, 0.25) is 0 Å². The maximum Gasteiger partial charge on any atom is 0.185 e. The molecular formula is C16H29N3S. The van der Waals surface area contributed by atoms with Crippen LogP contribution in [0.1, 0.15) is 45.9 Å². The number of hydrogen-bond donors (Lipinski definition) is 1. The molecule has 0 aliphatic heterocycles. The highest BCUT2D eigenvalue weighted by Gasteiger charge is 2.08. The molecule has 0 saturated carbocycles. The second kappa shape index (κ2) is 9.14. The van der Waals surface area contributed by atoms with Crippen LogP contribution < -0.4 is 10.2 Å².